The summed E-state index contributed by atoms with van der Waals surface area (Å²) in [7, 11) is 0. The van der Waals surface area contributed by atoms with Crippen LogP contribution in [0.25, 0.3) is 44.2 Å². The minimum atomic E-state index is -0.256. The molecular weight excluding hydrogens is 791 g/mol. The number of hydrogen-bond donors (Lipinski definition) is 0. The number of anilines is 5. The molecule has 0 fully saturated rings. The maximum Gasteiger partial charge on any atom is 0.333 e. The van der Waals surface area contributed by atoms with Gasteiger partial charge in [-0.05, 0) is 115 Å². The van der Waals surface area contributed by atoms with E-state index in [1.807, 2.05) is 24.3 Å². The van der Waals surface area contributed by atoms with E-state index in [-0.39, 0.29) is 17.7 Å². The summed E-state index contributed by atoms with van der Waals surface area (Å²) in [6.07, 6.45) is 0. The standard InChI is InChI=1S/C60H49BN2O2/c1-59(2,3)41-29-31-48(45(34-41)38-19-9-7-10-20-38)62-51-37-56-55(64-53-27-17-18-28-54(53)65-56)36-47(51)61-58-52(62)33-40-23-13-14-24-43(40)57(58)44-25-15-16-26-49(44)63(61)50-32-30-42(60(4,5)6)35-46(50)39-21-11-8-12-22-39/h7-37H,1-6H3. The molecule has 3 heterocycles. The lowest BCUT2D eigenvalue weighted by Crippen LogP contribution is -2.61. The molecule has 0 saturated carbocycles. The van der Waals surface area contributed by atoms with E-state index in [4.69, 9.17) is 9.47 Å². The summed E-state index contributed by atoms with van der Waals surface area (Å²) >= 11 is 0. The molecule has 0 bridgehead atoms. The molecule has 0 spiro atoms. The number of ether oxygens (including phenoxy) is 2. The molecule has 12 rings (SSSR count). The van der Waals surface area contributed by atoms with E-state index in [0.29, 0.717) is 23.0 Å². The van der Waals surface area contributed by atoms with E-state index in [9.17, 15) is 0 Å². The Balaban J connectivity index is 1.22. The first-order chi connectivity index (χ1) is 31.5. The van der Waals surface area contributed by atoms with E-state index in [1.54, 1.807) is 0 Å². The van der Waals surface area contributed by atoms with Crippen molar-refractivity contribution in [3.63, 3.8) is 0 Å². The lowest BCUT2D eigenvalue weighted by molar-refractivity contribution is 0.360. The third-order valence-electron chi connectivity index (χ3n) is 13.6. The smallest absolute Gasteiger partial charge is 0.333 e. The van der Waals surface area contributed by atoms with Crippen molar-refractivity contribution >= 4 is 57.0 Å². The number of benzene rings is 9. The van der Waals surface area contributed by atoms with Gasteiger partial charge in [0, 0.05) is 45.5 Å². The molecule has 5 heteroatoms. The minimum Gasteiger partial charge on any atom is -0.450 e. The Morgan fingerprint density at radius 3 is 1.57 bits per heavy atom. The summed E-state index contributed by atoms with van der Waals surface area (Å²) in [5.41, 5.74) is 17.6. The summed E-state index contributed by atoms with van der Waals surface area (Å²) in [4.78, 5) is 5.13. The van der Waals surface area contributed by atoms with E-state index in [2.05, 4.69) is 215 Å². The average molecular weight is 841 g/mol. The van der Waals surface area contributed by atoms with Gasteiger partial charge in [-0.25, -0.2) is 0 Å². The molecule has 3 aliphatic rings. The molecule has 0 amide bonds. The fourth-order valence-electron chi connectivity index (χ4n) is 10.3. The average Bonchev–Trinajstić information content (AvgIpc) is 3.32. The largest absolute Gasteiger partial charge is 0.450 e. The molecule has 314 valence electrons. The minimum absolute atomic E-state index is 0.0514. The quantitative estimate of drug-likeness (QED) is 0.165. The van der Waals surface area contributed by atoms with E-state index >= 15 is 0 Å². The normalized spacial score (nSPS) is 13.5. The van der Waals surface area contributed by atoms with Gasteiger partial charge in [0.1, 0.15) is 0 Å². The van der Waals surface area contributed by atoms with Gasteiger partial charge in [-0.1, -0.05) is 169 Å². The van der Waals surface area contributed by atoms with Crippen molar-refractivity contribution in [2.75, 3.05) is 9.71 Å². The maximum absolute atomic E-state index is 6.82. The van der Waals surface area contributed by atoms with Crippen LogP contribution in [-0.4, -0.2) is 6.85 Å². The highest BCUT2D eigenvalue weighted by Crippen LogP contribution is 2.54. The number of para-hydroxylation sites is 3. The second kappa shape index (κ2) is 14.5. The highest BCUT2D eigenvalue weighted by molar-refractivity contribution is 6.94. The summed E-state index contributed by atoms with van der Waals surface area (Å²) < 4.78 is 13.6. The Morgan fingerprint density at radius 2 is 0.923 bits per heavy atom. The van der Waals surface area contributed by atoms with Gasteiger partial charge in [0.05, 0.1) is 5.69 Å². The molecule has 0 unspecified atom stereocenters. The van der Waals surface area contributed by atoms with Crippen LogP contribution in [0.5, 0.6) is 23.0 Å². The van der Waals surface area contributed by atoms with Crippen LogP contribution in [0.3, 0.4) is 0 Å². The number of fused-ring (bicyclic) bond motifs is 8. The van der Waals surface area contributed by atoms with Gasteiger partial charge < -0.3 is 19.2 Å². The Labute approximate surface area is 382 Å². The van der Waals surface area contributed by atoms with Crippen LogP contribution in [-0.2, 0) is 10.8 Å². The van der Waals surface area contributed by atoms with Crippen LogP contribution in [0.2, 0.25) is 0 Å². The van der Waals surface area contributed by atoms with Crippen molar-refractivity contribution in [2.24, 2.45) is 0 Å². The van der Waals surface area contributed by atoms with Gasteiger partial charge in [0.25, 0.3) is 0 Å². The Bertz CT molecular complexity index is 3370. The van der Waals surface area contributed by atoms with E-state index in [0.717, 1.165) is 39.5 Å². The van der Waals surface area contributed by atoms with E-state index in [1.165, 1.54) is 55.2 Å². The SMILES string of the molecule is CC(C)(C)c1ccc(N2B3c4cc5c(cc4N(c4ccc(C(C)(C)C)cc4-c4ccccc4)c4cc6ccccc6c(c43)-c3ccccc32)Oc2ccccc2O5)c(-c2ccccc2)c1. The van der Waals surface area contributed by atoms with Gasteiger partial charge in [0.15, 0.2) is 23.0 Å². The molecule has 3 aliphatic heterocycles. The number of rotatable bonds is 4. The van der Waals surface area contributed by atoms with Crippen LogP contribution < -0.4 is 30.1 Å². The van der Waals surface area contributed by atoms with Crippen molar-refractivity contribution in [1.29, 1.82) is 0 Å². The van der Waals surface area contributed by atoms with Crippen LogP contribution in [0, 0.1) is 0 Å². The third kappa shape index (κ3) is 6.28. The third-order valence-corrected chi connectivity index (χ3v) is 13.6. The summed E-state index contributed by atoms with van der Waals surface area (Å²) in [5.74, 6) is 2.80. The molecule has 4 nitrogen and oxygen atoms in total. The van der Waals surface area contributed by atoms with Crippen LogP contribution in [0.15, 0.2) is 188 Å². The summed E-state index contributed by atoms with van der Waals surface area (Å²) in [6, 6.07) is 68.7. The zero-order chi connectivity index (χ0) is 44.2. The van der Waals surface area contributed by atoms with Crippen molar-refractivity contribution in [1.82, 2.24) is 0 Å². The molecule has 0 aromatic heterocycles. The lowest BCUT2D eigenvalue weighted by Gasteiger charge is -2.47. The first kappa shape index (κ1) is 39.1. The Hall–Kier alpha value is -7.50. The number of nitrogens with zero attached hydrogens (tertiary/aromatic N) is 2. The molecule has 9 aromatic rings. The Kier molecular flexibility index (Phi) is 8.74. The van der Waals surface area contributed by atoms with Crippen LogP contribution in [0.1, 0.15) is 52.7 Å². The summed E-state index contributed by atoms with van der Waals surface area (Å²) in [6.45, 7) is 13.5. The van der Waals surface area contributed by atoms with Gasteiger partial charge >= 0.3 is 6.85 Å². The molecule has 0 N–H and O–H groups in total. The fourth-order valence-corrected chi connectivity index (χ4v) is 10.3. The molecule has 0 radical (unpaired) electrons. The van der Waals surface area contributed by atoms with E-state index < -0.39 is 0 Å². The van der Waals surface area contributed by atoms with Crippen LogP contribution in [0.4, 0.5) is 28.4 Å². The first-order valence-electron chi connectivity index (χ1n) is 22.8. The van der Waals surface area contributed by atoms with Gasteiger partial charge in [-0.2, -0.15) is 0 Å². The first-order valence-corrected chi connectivity index (χ1v) is 22.8. The van der Waals surface area contributed by atoms with Gasteiger partial charge in [0.2, 0.25) is 0 Å². The van der Waals surface area contributed by atoms with Crippen molar-refractivity contribution in [2.45, 2.75) is 52.4 Å². The van der Waals surface area contributed by atoms with Crippen molar-refractivity contribution < 1.29 is 9.47 Å². The molecule has 0 aliphatic carbocycles. The van der Waals surface area contributed by atoms with Gasteiger partial charge in [-0.3, -0.25) is 0 Å². The van der Waals surface area contributed by atoms with Gasteiger partial charge in [-0.15, -0.1) is 0 Å². The highest BCUT2D eigenvalue weighted by atomic mass is 16.6. The maximum atomic E-state index is 6.82. The predicted octanol–water partition coefficient (Wildman–Crippen LogP) is 15.4. The zero-order valence-corrected chi connectivity index (χ0v) is 37.7. The molecular formula is C60H49BN2O2. The predicted molar refractivity (Wildman–Crippen MR) is 273 cm³/mol. The molecule has 0 saturated heterocycles. The lowest BCUT2D eigenvalue weighted by atomic mass is 9.43. The second-order valence-electron chi connectivity index (χ2n) is 19.7. The second-order valence-corrected chi connectivity index (χ2v) is 19.7. The molecule has 65 heavy (non-hydrogen) atoms. The monoisotopic (exact) mass is 840 g/mol. The van der Waals surface area contributed by atoms with Crippen molar-refractivity contribution in [3.05, 3.63) is 199 Å². The van der Waals surface area contributed by atoms with Crippen LogP contribution >= 0.6 is 0 Å². The molecule has 9 aromatic carbocycles. The molecule has 0 atom stereocenters. The van der Waals surface area contributed by atoms with Crippen molar-refractivity contribution in [3.8, 4) is 56.4 Å². The fraction of sp³-hybridized carbons (Fsp3) is 0.133. The number of hydrogen-bond acceptors (Lipinski definition) is 4. The zero-order valence-electron chi connectivity index (χ0n) is 37.7. The topological polar surface area (TPSA) is 24.9 Å². The highest BCUT2D eigenvalue weighted by Gasteiger charge is 2.47. The summed E-state index contributed by atoms with van der Waals surface area (Å²) in [5, 5.41) is 2.42. The Morgan fingerprint density at radius 1 is 0.400 bits per heavy atom.